The minimum absolute atomic E-state index is 0.0877. The molecule has 0 fully saturated rings. The minimum Gasteiger partial charge on any atom is -0.480 e. The summed E-state index contributed by atoms with van der Waals surface area (Å²) in [5.74, 6) is -1.20. The molecule has 0 bridgehead atoms. The van der Waals surface area contributed by atoms with Crippen molar-refractivity contribution in [2.75, 3.05) is 11.6 Å². The maximum Gasteiger partial charge on any atom is 0.325 e. The number of nitro groups is 1. The molecule has 2 N–H and O–H groups in total. The normalized spacial score (nSPS) is 13.0. The maximum atomic E-state index is 11.3. The van der Waals surface area contributed by atoms with Gasteiger partial charge in [-0.2, -0.15) is 0 Å². The number of anilines is 1. The number of carboxylic acid groups (broad SMARTS) is 1. The van der Waals surface area contributed by atoms with Gasteiger partial charge < -0.3 is 10.4 Å². The second-order valence-corrected chi connectivity index (χ2v) is 6.81. The van der Waals surface area contributed by atoms with Crippen LogP contribution in [0.3, 0.4) is 0 Å². The summed E-state index contributed by atoms with van der Waals surface area (Å²) >= 11 is 0.636. The van der Waals surface area contributed by atoms with Gasteiger partial charge in [-0.1, -0.05) is 11.3 Å². The number of rotatable bonds is 5. The van der Waals surface area contributed by atoms with Crippen LogP contribution in [0.2, 0.25) is 0 Å². The Kier molecular flexibility index (Phi) is 3.92. The molecule has 0 aliphatic heterocycles. The molecule has 8 nitrogen and oxygen atoms in total. The van der Waals surface area contributed by atoms with Crippen LogP contribution in [0.15, 0.2) is 10.3 Å². The molecule has 10 heteroatoms. The van der Waals surface area contributed by atoms with Crippen molar-refractivity contribution in [3.05, 3.63) is 16.2 Å². The van der Waals surface area contributed by atoms with Crippen molar-refractivity contribution >= 4 is 37.8 Å². The molecule has 1 aromatic rings. The van der Waals surface area contributed by atoms with Crippen molar-refractivity contribution in [2.24, 2.45) is 0 Å². The first-order valence-electron chi connectivity index (χ1n) is 4.60. The highest BCUT2D eigenvalue weighted by molar-refractivity contribution is 7.92. The molecule has 1 atom stereocenters. The lowest BCUT2D eigenvalue weighted by atomic mass is 10.3. The van der Waals surface area contributed by atoms with Crippen molar-refractivity contribution in [1.29, 1.82) is 0 Å². The number of nitrogens with one attached hydrogen (secondary N) is 1. The summed E-state index contributed by atoms with van der Waals surface area (Å²) < 4.78 is 22.4. The van der Waals surface area contributed by atoms with E-state index in [-0.39, 0.29) is 9.21 Å². The minimum atomic E-state index is -3.57. The summed E-state index contributed by atoms with van der Waals surface area (Å²) in [5.41, 5.74) is -0.450. The Hall–Kier alpha value is -1.68. The smallest absolute Gasteiger partial charge is 0.325 e. The molecule has 0 saturated heterocycles. The van der Waals surface area contributed by atoms with E-state index in [0.717, 1.165) is 12.3 Å². The fraction of sp³-hybridized carbons (Fsp3) is 0.375. The van der Waals surface area contributed by atoms with Crippen molar-refractivity contribution < 1.29 is 23.2 Å². The Labute approximate surface area is 106 Å². The largest absolute Gasteiger partial charge is 0.480 e. The number of carbonyl (C=O) groups is 1. The summed E-state index contributed by atoms with van der Waals surface area (Å²) in [6, 6.07) is -0.147. The van der Waals surface area contributed by atoms with E-state index in [1.807, 2.05) is 0 Å². The van der Waals surface area contributed by atoms with E-state index in [9.17, 15) is 23.3 Å². The van der Waals surface area contributed by atoms with Crippen LogP contribution in [0.4, 0.5) is 10.7 Å². The van der Waals surface area contributed by atoms with E-state index in [1.54, 1.807) is 0 Å². The van der Waals surface area contributed by atoms with Gasteiger partial charge in [-0.15, -0.1) is 0 Å². The molecular weight excluding hydrogens is 284 g/mol. The van der Waals surface area contributed by atoms with Gasteiger partial charge in [-0.3, -0.25) is 14.9 Å². The van der Waals surface area contributed by atoms with E-state index in [4.69, 9.17) is 5.11 Å². The lowest BCUT2D eigenvalue weighted by Crippen LogP contribution is -2.25. The summed E-state index contributed by atoms with van der Waals surface area (Å²) in [7, 11) is -3.57. The molecule has 0 aromatic carbocycles. The maximum absolute atomic E-state index is 11.3. The van der Waals surface area contributed by atoms with Crippen molar-refractivity contribution in [3.63, 3.8) is 0 Å². The third-order valence-electron chi connectivity index (χ3n) is 1.97. The Morgan fingerprint density at radius 1 is 1.61 bits per heavy atom. The lowest BCUT2D eigenvalue weighted by molar-refractivity contribution is -0.383. The molecule has 100 valence electrons. The van der Waals surface area contributed by atoms with Gasteiger partial charge in [0.25, 0.3) is 0 Å². The van der Waals surface area contributed by atoms with Crippen LogP contribution < -0.4 is 5.32 Å². The summed E-state index contributed by atoms with van der Waals surface area (Å²) in [5, 5.41) is 21.7. The Morgan fingerprint density at radius 2 is 2.17 bits per heavy atom. The second-order valence-electron chi connectivity index (χ2n) is 3.51. The van der Waals surface area contributed by atoms with E-state index in [0.29, 0.717) is 11.3 Å². The highest BCUT2D eigenvalue weighted by atomic mass is 32.2. The van der Waals surface area contributed by atoms with Crippen molar-refractivity contribution in [1.82, 2.24) is 0 Å². The summed E-state index contributed by atoms with van der Waals surface area (Å²) in [4.78, 5) is 20.6. The third-order valence-corrected chi connectivity index (χ3v) is 4.83. The topological polar surface area (TPSA) is 127 Å². The van der Waals surface area contributed by atoms with Crippen LogP contribution in [-0.4, -0.2) is 36.7 Å². The van der Waals surface area contributed by atoms with Gasteiger partial charge in [-0.05, 0) is 6.92 Å². The number of nitrogens with zero attached hydrogens (tertiary/aromatic N) is 1. The molecule has 0 aliphatic carbocycles. The van der Waals surface area contributed by atoms with Crippen LogP contribution in [0.25, 0.3) is 0 Å². The van der Waals surface area contributed by atoms with E-state index < -0.39 is 32.5 Å². The van der Waals surface area contributed by atoms with Crippen LogP contribution >= 0.6 is 11.3 Å². The van der Waals surface area contributed by atoms with Gasteiger partial charge in [0.2, 0.25) is 0 Å². The predicted molar refractivity (Wildman–Crippen MR) is 64.8 cm³/mol. The average molecular weight is 294 g/mol. The van der Waals surface area contributed by atoms with Gasteiger partial charge in [0, 0.05) is 12.3 Å². The first-order chi connectivity index (χ1) is 8.12. The Bertz CT molecular complexity index is 591. The monoisotopic (exact) mass is 294 g/mol. The molecule has 0 amide bonds. The summed E-state index contributed by atoms with van der Waals surface area (Å²) in [6.07, 6.45) is 0.924. The molecule has 1 heterocycles. The average Bonchev–Trinajstić information content (AvgIpc) is 2.60. The number of sulfone groups is 1. The molecule has 1 aromatic heterocycles. The number of hydrogen-bond donors (Lipinski definition) is 2. The quantitative estimate of drug-likeness (QED) is 0.611. The molecule has 0 aliphatic rings. The zero-order valence-electron chi connectivity index (χ0n) is 9.41. The van der Waals surface area contributed by atoms with Crippen molar-refractivity contribution in [2.45, 2.75) is 17.2 Å². The van der Waals surface area contributed by atoms with Crippen LogP contribution in [0.5, 0.6) is 0 Å². The van der Waals surface area contributed by atoms with E-state index >= 15 is 0 Å². The van der Waals surface area contributed by atoms with E-state index in [2.05, 4.69) is 5.32 Å². The van der Waals surface area contributed by atoms with Gasteiger partial charge in [0.1, 0.15) is 10.3 Å². The predicted octanol–water partition coefficient (Wildman–Crippen LogP) is 0.945. The van der Waals surface area contributed by atoms with E-state index in [1.165, 1.54) is 6.92 Å². The zero-order valence-corrected chi connectivity index (χ0v) is 11.0. The molecule has 0 unspecified atom stereocenters. The van der Waals surface area contributed by atoms with Gasteiger partial charge in [0.05, 0.1) is 4.92 Å². The first-order valence-corrected chi connectivity index (χ1v) is 7.31. The van der Waals surface area contributed by atoms with Gasteiger partial charge in [-0.25, -0.2) is 8.42 Å². The molecule has 0 radical (unpaired) electrons. The standard InChI is InChI=1S/C8H10N2O6S2/c1-4(8(11)12)9-7-5(10(13)14)3-6(17-7)18(2,15)16/h3-4,9H,1-2H3,(H,11,12)/t4-/m1/s1. The molecule has 1 rings (SSSR count). The second kappa shape index (κ2) is 4.90. The van der Waals surface area contributed by atoms with Gasteiger partial charge in [0.15, 0.2) is 14.8 Å². The Balaban J connectivity index is 3.22. The van der Waals surface area contributed by atoms with Crippen LogP contribution in [-0.2, 0) is 14.6 Å². The fourth-order valence-electron chi connectivity index (χ4n) is 1.04. The SMILES string of the molecule is C[C@@H](Nc1sc(S(C)(=O)=O)cc1[N+](=O)[O-])C(=O)O. The molecule has 0 spiro atoms. The Morgan fingerprint density at radius 3 is 2.56 bits per heavy atom. The highest BCUT2D eigenvalue weighted by Gasteiger charge is 2.25. The molecular formula is C8H10N2O6S2. The number of thiophene rings is 1. The van der Waals surface area contributed by atoms with Crippen molar-refractivity contribution in [3.8, 4) is 0 Å². The van der Waals surface area contributed by atoms with Gasteiger partial charge >= 0.3 is 11.7 Å². The number of aliphatic carboxylic acids is 1. The van der Waals surface area contributed by atoms with Crippen LogP contribution in [0.1, 0.15) is 6.92 Å². The van der Waals surface area contributed by atoms with Crippen LogP contribution in [0, 0.1) is 10.1 Å². The lowest BCUT2D eigenvalue weighted by Gasteiger charge is -2.07. The third kappa shape index (κ3) is 3.17. The fourth-order valence-corrected chi connectivity index (χ4v) is 3.07. The number of hydrogen-bond acceptors (Lipinski definition) is 7. The highest BCUT2D eigenvalue weighted by Crippen LogP contribution is 2.37. The first kappa shape index (κ1) is 14.4. The molecule has 18 heavy (non-hydrogen) atoms. The summed E-state index contributed by atoms with van der Waals surface area (Å²) in [6.45, 7) is 1.30. The zero-order chi connectivity index (χ0) is 14.1. The number of carboxylic acids is 1. The molecule has 0 saturated carbocycles.